The highest BCUT2D eigenvalue weighted by Crippen LogP contribution is 2.23. The minimum atomic E-state index is -0.544. The van der Waals surface area contributed by atoms with Crippen LogP contribution in [-0.4, -0.2) is 34.4 Å². The number of rotatable bonds is 4. The van der Waals surface area contributed by atoms with Gasteiger partial charge in [-0.05, 0) is 12.3 Å². The number of amides is 2. The van der Waals surface area contributed by atoms with Crippen molar-refractivity contribution in [2.24, 2.45) is 5.92 Å². The van der Waals surface area contributed by atoms with E-state index in [2.05, 4.69) is 22.5 Å². The molecule has 5 heteroatoms. The van der Waals surface area contributed by atoms with Crippen LogP contribution < -0.4 is 0 Å². The Bertz CT molecular complexity index is 304. The van der Waals surface area contributed by atoms with Crippen LogP contribution in [-0.2, 0) is 9.53 Å². The van der Waals surface area contributed by atoms with Crippen molar-refractivity contribution in [2.45, 2.75) is 31.1 Å². The largest absolute Gasteiger partial charge is 0.447 e. The molecule has 16 heavy (non-hydrogen) atoms. The van der Waals surface area contributed by atoms with E-state index >= 15 is 0 Å². The average Bonchev–Trinajstić information content (AvgIpc) is 2.59. The number of carbonyl (C=O) groups excluding carboxylic acids is 2. The van der Waals surface area contributed by atoms with Crippen LogP contribution in [0, 0.1) is 5.92 Å². The smallest absolute Gasteiger partial charge is 0.417 e. The first-order valence-electron chi connectivity index (χ1n) is 5.23. The molecule has 2 amide bonds. The van der Waals surface area contributed by atoms with E-state index in [1.165, 1.54) is 4.90 Å². The van der Waals surface area contributed by atoms with E-state index in [1.54, 1.807) is 6.08 Å². The molecule has 2 atom stereocenters. The van der Waals surface area contributed by atoms with Gasteiger partial charge in [-0.15, -0.1) is 6.58 Å². The third-order valence-corrected chi connectivity index (χ3v) is 3.32. The van der Waals surface area contributed by atoms with Crippen LogP contribution in [0.2, 0.25) is 0 Å². The standard InChI is InChI=1S/C11H16BrNO3/c1-4-5-8(12)10(14)13-9(7(2)3)6-16-11(13)15/h4,7-9H,1,5-6H2,2-3H3/t8?,9-/m1/s1. The molecule has 0 spiro atoms. The number of hydrogen-bond acceptors (Lipinski definition) is 3. The number of cyclic esters (lactones) is 1. The molecule has 90 valence electrons. The SMILES string of the molecule is C=CCC(Br)C(=O)N1C(=O)OC[C@@H]1C(C)C. The van der Waals surface area contributed by atoms with Crippen LogP contribution in [0.15, 0.2) is 12.7 Å². The Morgan fingerprint density at radius 1 is 1.75 bits per heavy atom. The number of alkyl halides is 1. The van der Waals surface area contributed by atoms with E-state index in [0.29, 0.717) is 6.42 Å². The number of carbonyl (C=O) groups is 2. The second-order valence-electron chi connectivity index (χ2n) is 4.09. The molecule has 1 aliphatic heterocycles. The third kappa shape index (κ3) is 2.64. The summed E-state index contributed by atoms with van der Waals surface area (Å²) in [6, 6.07) is -0.162. The summed E-state index contributed by atoms with van der Waals surface area (Å²) >= 11 is 3.25. The van der Waals surface area contributed by atoms with Crippen LogP contribution >= 0.6 is 15.9 Å². The van der Waals surface area contributed by atoms with Gasteiger partial charge in [0.05, 0.1) is 10.9 Å². The highest BCUT2D eigenvalue weighted by molar-refractivity contribution is 9.10. The van der Waals surface area contributed by atoms with Crippen molar-refractivity contribution in [1.82, 2.24) is 4.90 Å². The maximum Gasteiger partial charge on any atom is 0.417 e. The molecule has 0 aliphatic carbocycles. The number of ether oxygens (including phenoxy) is 1. The second kappa shape index (κ2) is 5.48. The van der Waals surface area contributed by atoms with Gasteiger partial charge in [-0.25, -0.2) is 9.69 Å². The Labute approximate surface area is 104 Å². The molecule has 0 bridgehead atoms. The van der Waals surface area contributed by atoms with Gasteiger partial charge in [0.15, 0.2) is 0 Å². The molecular formula is C11H16BrNO3. The lowest BCUT2D eigenvalue weighted by molar-refractivity contribution is -0.128. The van der Waals surface area contributed by atoms with E-state index in [4.69, 9.17) is 4.74 Å². The molecule has 0 radical (unpaired) electrons. The fourth-order valence-electron chi connectivity index (χ4n) is 1.58. The van der Waals surface area contributed by atoms with Crippen LogP contribution in [0.1, 0.15) is 20.3 Å². The fraction of sp³-hybridized carbons (Fsp3) is 0.636. The van der Waals surface area contributed by atoms with Gasteiger partial charge in [-0.1, -0.05) is 35.9 Å². The summed E-state index contributed by atoms with van der Waals surface area (Å²) in [5.74, 6) is -0.0556. The first-order chi connectivity index (χ1) is 7.49. The third-order valence-electron chi connectivity index (χ3n) is 2.55. The monoisotopic (exact) mass is 289 g/mol. The van der Waals surface area contributed by atoms with Crippen molar-refractivity contribution in [3.8, 4) is 0 Å². The Hall–Kier alpha value is -0.840. The van der Waals surface area contributed by atoms with Crippen molar-refractivity contribution in [3.05, 3.63) is 12.7 Å². The van der Waals surface area contributed by atoms with Gasteiger partial charge in [0, 0.05) is 0 Å². The van der Waals surface area contributed by atoms with Crippen molar-refractivity contribution >= 4 is 27.9 Å². The number of nitrogens with zero attached hydrogens (tertiary/aromatic N) is 1. The second-order valence-corrected chi connectivity index (χ2v) is 5.19. The highest BCUT2D eigenvalue weighted by Gasteiger charge is 2.41. The average molecular weight is 290 g/mol. The molecule has 0 aromatic rings. The number of allylic oxidation sites excluding steroid dienone is 1. The molecule has 1 unspecified atom stereocenters. The molecule has 1 heterocycles. The Morgan fingerprint density at radius 3 is 2.88 bits per heavy atom. The van der Waals surface area contributed by atoms with Crippen LogP contribution in [0.5, 0.6) is 0 Å². The van der Waals surface area contributed by atoms with Gasteiger partial charge in [0.1, 0.15) is 6.61 Å². The summed E-state index contributed by atoms with van der Waals surface area (Å²) in [7, 11) is 0. The molecule has 0 saturated carbocycles. The van der Waals surface area contributed by atoms with Gasteiger partial charge in [0.2, 0.25) is 5.91 Å². The van der Waals surface area contributed by atoms with Gasteiger partial charge in [-0.3, -0.25) is 4.79 Å². The van der Waals surface area contributed by atoms with Crippen molar-refractivity contribution in [1.29, 1.82) is 0 Å². The molecule has 0 aromatic carbocycles. The quantitative estimate of drug-likeness (QED) is 0.589. The Morgan fingerprint density at radius 2 is 2.38 bits per heavy atom. The highest BCUT2D eigenvalue weighted by atomic mass is 79.9. The van der Waals surface area contributed by atoms with Gasteiger partial charge in [-0.2, -0.15) is 0 Å². The topological polar surface area (TPSA) is 46.6 Å². The summed E-state index contributed by atoms with van der Waals surface area (Å²) in [5.41, 5.74) is 0. The fourth-order valence-corrected chi connectivity index (χ4v) is 2.06. The molecule has 1 aliphatic rings. The summed E-state index contributed by atoms with van der Waals surface area (Å²) in [6.07, 6.45) is 1.59. The van der Waals surface area contributed by atoms with Crippen LogP contribution in [0.3, 0.4) is 0 Å². The molecule has 0 aromatic heterocycles. The van der Waals surface area contributed by atoms with Crippen LogP contribution in [0.25, 0.3) is 0 Å². The maximum atomic E-state index is 12.0. The van der Waals surface area contributed by atoms with E-state index in [-0.39, 0.29) is 24.5 Å². The summed E-state index contributed by atoms with van der Waals surface area (Å²) in [5, 5.41) is 0. The molecule has 1 rings (SSSR count). The minimum absolute atomic E-state index is 0.162. The van der Waals surface area contributed by atoms with Gasteiger partial charge in [0.25, 0.3) is 0 Å². The number of imide groups is 1. The summed E-state index contributed by atoms with van der Waals surface area (Å²) < 4.78 is 4.91. The summed E-state index contributed by atoms with van der Waals surface area (Å²) in [4.78, 5) is 24.3. The summed E-state index contributed by atoms with van der Waals surface area (Å²) in [6.45, 7) is 7.78. The maximum absolute atomic E-state index is 12.0. The van der Waals surface area contributed by atoms with E-state index in [9.17, 15) is 9.59 Å². The lowest BCUT2D eigenvalue weighted by Crippen LogP contribution is -2.45. The zero-order valence-electron chi connectivity index (χ0n) is 9.48. The predicted molar refractivity (Wildman–Crippen MR) is 64.3 cm³/mol. The molecule has 1 fully saturated rings. The van der Waals surface area contributed by atoms with Crippen LogP contribution in [0.4, 0.5) is 4.79 Å². The van der Waals surface area contributed by atoms with Crippen molar-refractivity contribution < 1.29 is 14.3 Å². The molecule has 1 saturated heterocycles. The van der Waals surface area contributed by atoms with Gasteiger partial charge < -0.3 is 4.74 Å². The zero-order chi connectivity index (χ0) is 12.3. The van der Waals surface area contributed by atoms with E-state index < -0.39 is 10.9 Å². The lowest BCUT2D eigenvalue weighted by Gasteiger charge is -2.24. The molecular weight excluding hydrogens is 274 g/mol. The zero-order valence-corrected chi connectivity index (χ0v) is 11.1. The predicted octanol–water partition coefficient (Wildman–Crippen LogP) is 2.33. The number of hydrogen-bond donors (Lipinski definition) is 0. The van der Waals surface area contributed by atoms with Crippen molar-refractivity contribution in [3.63, 3.8) is 0 Å². The lowest BCUT2D eigenvalue weighted by atomic mass is 10.0. The first kappa shape index (κ1) is 13.2. The van der Waals surface area contributed by atoms with Gasteiger partial charge >= 0.3 is 6.09 Å². The van der Waals surface area contributed by atoms with Crippen molar-refractivity contribution in [2.75, 3.05) is 6.61 Å². The molecule has 4 nitrogen and oxygen atoms in total. The molecule has 0 N–H and O–H groups in total. The van der Waals surface area contributed by atoms with E-state index in [1.807, 2.05) is 13.8 Å². The Kier molecular flexibility index (Phi) is 4.53. The first-order valence-corrected chi connectivity index (χ1v) is 6.15. The number of halogens is 1. The normalized spacial score (nSPS) is 22.1. The minimum Gasteiger partial charge on any atom is -0.447 e. The van der Waals surface area contributed by atoms with E-state index in [0.717, 1.165) is 0 Å². The Balaban J connectivity index is 2.79.